The zero-order valence-corrected chi connectivity index (χ0v) is 14.1. The highest BCUT2D eigenvalue weighted by Gasteiger charge is 2.65. The third-order valence-corrected chi connectivity index (χ3v) is 8.95. The van der Waals surface area contributed by atoms with Crippen molar-refractivity contribution in [1.29, 1.82) is 0 Å². The summed E-state index contributed by atoms with van der Waals surface area (Å²) in [6, 6.07) is 0. The van der Waals surface area contributed by atoms with E-state index < -0.39 is 47.6 Å². The van der Waals surface area contributed by atoms with Crippen LogP contribution >= 0.6 is 23.0 Å². The van der Waals surface area contributed by atoms with E-state index >= 15 is 0 Å². The minimum atomic E-state index is -6.75. The van der Waals surface area contributed by atoms with Crippen molar-refractivity contribution in [2.45, 2.75) is 24.6 Å². The molecule has 0 aromatic heterocycles. The fraction of sp³-hybridized carbons (Fsp3) is 1.00. The Kier molecular flexibility index (Phi) is 5.81. The Hall–Kier alpha value is -0.300. The van der Waals surface area contributed by atoms with Gasteiger partial charge in [-0.15, -0.1) is 4.52 Å². The first-order valence-corrected chi connectivity index (χ1v) is 10.4. The molecule has 0 saturated heterocycles. The summed E-state index contributed by atoms with van der Waals surface area (Å²) in [5.41, 5.74) is 0. The zero-order chi connectivity index (χ0) is 21.0. The first kappa shape index (κ1) is 23.7. The summed E-state index contributed by atoms with van der Waals surface area (Å²) in [5.74, 6) is 0. The van der Waals surface area contributed by atoms with Gasteiger partial charge in [-0.25, -0.2) is 9.05 Å². The third-order valence-electron chi connectivity index (χ3n) is 1.89. The van der Waals surface area contributed by atoms with Gasteiger partial charge in [0.05, 0.1) is 0 Å². The Labute approximate surface area is 134 Å². The van der Waals surface area contributed by atoms with Gasteiger partial charge in [0, 0.05) is 6.66 Å². The molecular weight excluding hydrogens is 474 g/mol. The predicted molar refractivity (Wildman–Crippen MR) is 61.5 cm³/mol. The van der Waals surface area contributed by atoms with Gasteiger partial charge < -0.3 is 0 Å². The molecule has 1 rings (SSSR count). The van der Waals surface area contributed by atoms with E-state index in [1.54, 1.807) is 4.52 Å². The van der Waals surface area contributed by atoms with Crippen molar-refractivity contribution in [2.24, 2.45) is 13.5 Å². The van der Waals surface area contributed by atoms with Crippen LogP contribution in [0.5, 0.6) is 0 Å². The Balaban J connectivity index is 3.50. The lowest BCUT2D eigenvalue weighted by molar-refractivity contribution is -0.361. The maximum Gasteiger partial charge on any atom is 0.483 e. The highest BCUT2D eigenvalue weighted by Crippen LogP contribution is 2.82. The van der Waals surface area contributed by atoms with Crippen molar-refractivity contribution >= 4 is 23.0 Å². The van der Waals surface area contributed by atoms with Crippen LogP contribution in [0.15, 0.2) is 13.5 Å². The van der Waals surface area contributed by atoms with E-state index in [1.807, 2.05) is 9.03 Å². The lowest BCUT2D eigenvalue weighted by Gasteiger charge is -2.28. The minimum Gasteiger partial charge on any atom is -0.229 e. The molecule has 0 radical (unpaired) electrons. The Morgan fingerprint density at radius 2 is 0.885 bits per heavy atom. The van der Waals surface area contributed by atoms with Gasteiger partial charge in [-0.1, -0.05) is 0 Å². The summed E-state index contributed by atoms with van der Waals surface area (Å²) in [6.07, 6.45) is -26.2. The molecule has 0 amide bonds. The number of rotatable bonds is 4. The number of halogens is 13. The molecule has 21 heteroatoms. The SMILES string of the molecule is CP1(F)=NP(F)(OC(F)(F)C(F)(F)F)=NP(F)(OC(F)(F)C(F)(F)F)=N1. The molecule has 156 valence electrons. The molecule has 1 aliphatic rings. The molecule has 1 heterocycles. The number of hydrogen-bond donors (Lipinski definition) is 0. The van der Waals surface area contributed by atoms with Crippen LogP contribution in [0.2, 0.25) is 0 Å². The van der Waals surface area contributed by atoms with Gasteiger partial charge >= 0.3 is 40.1 Å². The molecule has 1 aliphatic heterocycles. The van der Waals surface area contributed by atoms with E-state index in [-0.39, 0.29) is 6.66 Å². The molecule has 0 aromatic rings. The van der Waals surface area contributed by atoms with Crippen LogP contribution in [0.4, 0.5) is 56.5 Å². The fourth-order valence-corrected chi connectivity index (χ4v) is 8.14. The van der Waals surface area contributed by atoms with Gasteiger partial charge in [-0.3, -0.25) is 0 Å². The number of alkyl halides is 10. The Morgan fingerprint density at radius 1 is 0.577 bits per heavy atom. The smallest absolute Gasteiger partial charge is 0.229 e. The lowest BCUT2D eigenvalue weighted by atomic mass is 10.6. The van der Waals surface area contributed by atoms with E-state index in [9.17, 15) is 56.5 Å². The summed E-state index contributed by atoms with van der Waals surface area (Å²) in [4.78, 5) is 0. The molecule has 3 atom stereocenters. The molecule has 0 fully saturated rings. The molecule has 0 aliphatic carbocycles. The van der Waals surface area contributed by atoms with Crippen LogP contribution in [-0.2, 0) is 9.05 Å². The largest absolute Gasteiger partial charge is 0.483 e. The van der Waals surface area contributed by atoms with Crippen molar-refractivity contribution in [1.82, 2.24) is 0 Å². The molecule has 0 spiro atoms. The normalized spacial score (nSPS) is 33.9. The lowest BCUT2D eigenvalue weighted by Crippen LogP contribution is -2.38. The monoisotopic (exact) mass is 477 g/mol. The van der Waals surface area contributed by atoms with E-state index in [2.05, 4.69) is 9.05 Å². The highest BCUT2D eigenvalue weighted by atomic mass is 31.3. The van der Waals surface area contributed by atoms with Gasteiger partial charge in [-0.05, 0) is 0 Å². The van der Waals surface area contributed by atoms with Crippen LogP contribution in [0.3, 0.4) is 0 Å². The molecule has 0 saturated carbocycles. The second kappa shape index (κ2) is 6.36. The van der Waals surface area contributed by atoms with Crippen LogP contribution in [0, 0.1) is 0 Å². The highest BCUT2D eigenvalue weighted by molar-refractivity contribution is 7.79. The predicted octanol–water partition coefficient (Wildman–Crippen LogP) is 7.81. The van der Waals surface area contributed by atoms with Gasteiger partial charge in [-0.2, -0.15) is 65.5 Å². The van der Waals surface area contributed by atoms with E-state index in [1.165, 1.54) is 0 Å². The fourth-order valence-electron chi connectivity index (χ4n) is 1.06. The quantitative estimate of drug-likeness (QED) is 0.307. The zero-order valence-electron chi connectivity index (χ0n) is 11.4. The van der Waals surface area contributed by atoms with Gasteiger partial charge in [0.15, 0.2) is 0 Å². The molecular formula is C5H3F13N3O2P3. The topological polar surface area (TPSA) is 55.5 Å². The van der Waals surface area contributed by atoms with Crippen molar-refractivity contribution in [3.63, 3.8) is 0 Å². The molecule has 0 bridgehead atoms. The molecule has 5 nitrogen and oxygen atoms in total. The maximum atomic E-state index is 13.9. The van der Waals surface area contributed by atoms with Crippen molar-refractivity contribution in [3.05, 3.63) is 0 Å². The first-order valence-electron chi connectivity index (χ1n) is 5.32. The van der Waals surface area contributed by atoms with Crippen LogP contribution in [0.1, 0.15) is 0 Å². The molecule has 0 N–H and O–H groups in total. The Bertz CT molecular complexity index is 699. The van der Waals surface area contributed by atoms with Crippen molar-refractivity contribution in [2.75, 3.05) is 6.66 Å². The number of nitrogens with zero attached hydrogens (tertiary/aromatic N) is 3. The van der Waals surface area contributed by atoms with Crippen LogP contribution in [-0.4, -0.2) is 31.2 Å². The molecule has 0 aromatic carbocycles. The third kappa shape index (κ3) is 5.37. The van der Waals surface area contributed by atoms with Crippen LogP contribution < -0.4 is 0 Å². The Morgan fingerprint density at radius 3 is 1.19 bits per heavy atom. The summed E-state index contributed by atoms with van der Waals surface area (Å²) in [6.45, 7) is -0.0610. The average molecular weight is 477 g/mol. The van der Waals surface area contributed by atoms with Crippen molar-refractivity contribution in [3.8, 4) is 0 Å². The second-order valence-corrected chi connectivity index (χ2v) is 10.3. The van der Waals surface area contributed by atoms with Crippen molar-refractivity contribution < 1.29 is 65.5 Å². The van der Waals surface area contributed by atoms with E-state index in [4.69, 9.17) is 0 Å². The standard InChI is InChI=1S/C5H3F13N3O2P3/c1-24(16)19-25(17,22-4(12,13)2(6,7)8)21-26(18,20-24)23-5(14,15)3(9,10)11/h1H3. The van der Waals surface area contributed by atoms with Crippen LogP contribution in [0.25, 0.3) is 0 Å². The number of hydrogen-bond acceptors (Lipinski definition) is 5. The maximum absolute atomic E-state index is 13.9. The van der Waals surface area contributed by atoms with E-state index in [0.29, 0.717) is 0 Å². The van der Waals surface area contributed by atoms with Gasteiger partial charge in [0.2, 0.25) is 7.52 Å². The summed E-state index contributed by atoms with van der Waals surface area (Å²) in [5, 5.41) is 0. The second-order valence-electron chi connectivity index (χ2n) is 4.24. The summed E-state index contributed by atoms with van der Waals surface area (Å²) in [7, 11) is -19.0. The molecule has 3 unspecified atom stereocenters. The van der Waals surface area contributed by atoms with Gasteiger partial charge in [0.25, 0.3) is 0 Å². The first-order chi connectivity index (χ1) is 11.0. The average Bonchev–Trinajstić information content (AvgIpc) is 2.17. The minimum absolute atomic E-state index is 0.0610. The summed E-state index contributed by atoms with van der Waals surface area (Å²) < 4.78 is 175. The summed E-state index contributed by atoms with van der Waals surface area (Å²) >= 11 is 0. The van der Waals surface area contributed by atoms with E-state index in [0.717, 1.165) is 0 Å². The molecule has 26 heavy (non-hydrogen) atoms. The van der Waals surface area contributed by atoms with Gasteiger partial charge in [0.1, 0.15) is 0 Å².